The van der Waals surface area contributed by atoms with Crippen molar-refractivity contribution >= 4 is 11.6 Å². The summed E-state index contributed by atoms with van der Waals surface area (Å²) in [4.78, 5) is 4.02. The van der Waals surface area contributed by atoms with Crippen LogP contribution in [0.3, 0.4) is 0 Å². The van der Waals surface area contributed by atoms with Gasteiger partial charge in [-0.25, -0.2) is 0 Å². The third-order valence-corrected chi connectivity index (χ3v) is 2.64. The smallest absolute Gasteiger partial charge is 0.116 e. The molecule has 0 aliphatic rings. The molecule has 0 radical (unpaired) electrons. The zero-order valence-corrected chi connectivity index (χ0v) is 9.80. The normalized spacial score (nSPS) is 11.5. The summed E-state index contributed by atoms with van der Waals surface area (Å²) < 4.78 is 0. The molecule has 1 N–H and O–H groups in total. The number of hydrogen-bond acceptors (Lipinski definition) is 2. The van der Waals surface area contributed by atoms with Gasteiger partial charge in [0.15, 0.2) is 0 Å². The second-order valence-electron chi connectivity index (χ2n) is 3.85. The summed E-state index contributed by atoms with van der Waals surface area (Å²) >= 11 is 0. The van der Waals surface area contributed by atoms with E-state index in [1.165, 1.54) is 11.1 Å². The first kappa shape index (κ1) is 11.4. The van der Waals surface area contributed by atoms with Crippen LogP contribution < -0.4 is 0 Å². The molecule has 0 spiro atoms. The molecule has 17 heavy (non-hydrogen) atoms. The molecule has 0 aliphatic carbocycles. The Morgan fingerprint density at radius 2 is 2.00 bits per heavy atom. The molecule has 0 unspecified atom stereocenters. The number of pyridine rings is 1. The molecule has 2 nitrogen and oxygen atoms in total. The lowest BCUT2D eigenvalue weighted by molar-refractivity contribution is 0.475. The van der Waals surface area contributed by atoms with E-state index in [2.05, 4.69) is 18.0 Å². The highest BCUT2D eigenvalue weighted by Crippen LogP contribution is 2.22. The first-order valence-corrected chi connectivity index (χ1v) is 5.69. The number of benzene rings is 1. The number of rotatable bonds is 3. The van der Waals surface area contributed by atoms with Crippen LogP contribution in [0.15, 0.2) is 48.8 Å². The molecule has 0 saturated heterocycles. The maximum atomic E-state index is 9.43. The van der Waals surface area contributed by atoms with E-state index in [0.29, 0.717) is 5.75 Å². The summed E-state index contributed by atoms with van der Waals surface area (Å²) in [5.41, 5.74) is 3.42. The van der Waals surface area contributed by atoms with Gasteiger partial charge in [-0.3, -0.25) is 4.98 Å². The number of aromatic nitrogens is 1. The highest BCUT2D eigenvalue weighted by molar-refractivity contribution is 5.81. The average Bonchev–Trinajstić information content (AvgIpc) is 2.37. The lowest BCUT2D eigenvalue weighted by Gasteiger charge is -2.05. The molecular weight excluding hydrogens is 210 g/mol. The van der Waals surface area contributed by atoms with Gasteiger partial charge < -0.3 is 5.11 Å². The Balaban J connectivity index is 2.36. The van der Waals surface area contributed by atoms with Crippen LogP contribution >= 0.6 is 0 Å². The monoisotopic (exact) mass is 225 g/mol. The zero-order valence-electron chi connectivity index (χ0n) is 9.80. The van der Waals surface area contributed by atoms with Crippen molar-refractivity contribution in [3.05, 3.63) is 59.9 Å². The van der Waals surface area contributed by atoms with Gasteiger partial charge in [0.05, 0.1) is 0 Å². The maximum Gasteiger partial charge on any atom is 0.116 e. The van der Waals surface area contributed by atoms with Crippen LogP contribution in [0.4, 0.5) is 0 Å². The van der Waals surface area contributed by atoms with E-state index in [4.69, 9.17) is 0 Å². The first-order chi connectivity index (χ1) is 8.29. The SMILES string of the molecule is CC/C(=C\c1cccc(O)c1)c1ccncc1. The summed E-state index contributed by atoms with van der Waals surface area (Å²) in [7, 11) is 0. The molecule has 2 rings (SSSR count). The number of hydrogen-bond donors (Lipinski definition) is 1. The third kappa shape index (κ3) is 2.94. The number of nitrogens with zero attached hydrogens (tertiary/aromatic N) is 1. The Hall–Kier alpha value is -2.09. The summed E-state index contributed by atoms with van der Waals surface area (Å²) in [5, 5.41) is 9.43. The van der Waals surface area contributed by atoms with Crippen molar-refractivity contribution in [2.24, 2.45) is 0 Å². The fourth-order valence-electron chi connectivity index (χ4n) is 1.77. The predicted molar refractivity (Wildman–Crippen MR) is 70.5 cm³/mol. The van der Waals surface area contributed by atoms with Gasteiger partial charge in [-0.05, 0) is 47.4 Å². The second kappa shape index (κ2) is 5.30. The van der Waals surface area contributed by atoms with Gasteiger partial charge >= 0.3 is 0 Å². The number of allylic oxidation sites excluding steroid dienone is 1. The predicted octanol–water partition coefficient (Wildman–Crippen LogP) is 3.74. The fraction of sp³-hybridized carbons (Fsp3) is 0.133. The fourth-order valence-corrected chi connectivity index (χ4v) is 1.77. The molecule has 2 aromatic rings. The Bertz CT molecular complexity index is 517. The Morgan fingerprint density at radius 1 is 1.24 bits per heavy atom. The molecule has 0 saturated carbocycles. The topological polar surface area (TPSA) is 33.1 Å². The van der Waals surface area contributed by atoms with Crippen LogP contribution in [0.2, 0.25) is 0 Å². The molecular formula is C15H15NO. The molecule has 2 heteroatoms. The molecule has 0 fully saturated rings. The van der Waals surface area contributed by atoms with Gasteiger partial charge in [0.25, 0.3) is 0 Å². The molecule has 0 aliphatic heterocycles. The van der Waals surface area contributed by atoms with Gasteiger partial charge in [-0.15, -0.1) is 0 Å². The summed E-state index contributed by atoms with van der Waals surface area (Å²) in [6, 6.07) is 11.3. The molecule has 0 amide bonds. The Labute approximate surface area is 101 Å². The van der Waals surface area contributed by atoms with E-state index in [-0.39, 0.29) is 0 Å². The van der Waals surface area contributed by atoms with Gasteiger partial charge in [-0.1, -0.05) is 25.1 Å². The molecule has 1 aromatic carbocycles. The Kier molecular flexibility index (Phi) is 3.55. The van der Waals surface area contributed by atoms with Crippen molar-refractivity contribution < 1.29 is 5.11 Å². The van der Waals surface area contributed by atoms with Gasteiger partial charge in [0.2, 0.25) is 0 Å². The van der Waals surface area contributed by atoms with Crippen molar-refractivity contribution in [1.82, 2.24) is 4.98 Å². The molecule has 1 heterocycles. The molecule has 1 aromatic heterocycles. The minimum absolute atomic E-state index is 0.295. The molecule has 0 atom stereocenters. The van der Waals surface area contributed by atoms with Crippen LogP contribution in [-0.2, 0) is 0 Å². The second-order valence-corrected chi connectivity index (χ2v) is 3.85. The standard InChI is InChI=1S/C15H15NO/c1-2-13(14-6-8-16-9-7-14)10-12-4-3-5-15(17)11-12/h3-11,17H,2H2,1H3/b13-10+. The van der Waals surface area contributed by atoms with E-state index >= 15 is 0 Å². The van der Waals surface area contributed by atoms with Crippen LogP contribution in [0.25, 0.3) is 11.6 Å². The minimum atomic E-state index is 0.295. The number of aromatic hydroxyl groups is 1. The maximum absolute atomic E-state index is 9.43. The minimum Gasteiger partial charge on any atom is -0.508 e. The lowest BCUT2D eigenvalue weighted by Crippen LogP contribution is -1.83. The van der Waals surface area contributed by atoms with E-state index in [0.717, 1.165) is 12.0 Å². The van der Waals surface area contributed by atoms with Crippen molar-refractivity contribution in [2.45, 2.75) is 13.3 Å². The molecule has 86 valence electrons. The van der Waals surface area contributed by atoms with Crippen LogP contribution in [-0.4, -0.2) is 10.1 Å². The highest BCUT2D eigenvalue weighted by atomic mass is 16.3. The van der Waals surface area contributed by atoms with Gasteiger partial charge in [0.1, 0.15) is 5.75 Å². The summed E-state index contributed by atoms with van der Waals surface area (Å²) in [5.74, 6) is 0.295. The van der Waals surface area contributed by atoms with E-state index in [1.54, 1.807) is 24.5 Å². The Morgan fingerprint density at radius 3 is 2.65 bits per heavy atom. The van der Waals surface area contributed by atoms with Crippen molar-refractivity contribution in [1.29, 1.82) is 0 Å². The van der Waals surface area contributed by atoms with Gasteiger partial charge in [0, 0.05) is 12.4 Å². The summed E-state index contributed by atoms with van der Waals surface area (Å²) in [6.07, 6.45) is 6.62. The van der Waals surface area contributed by atoms with E-state index in [9.17, 15) is 5.11 Å². The third-order valence-electron chi connectivity index (χ3n) is 2.64. The van der Waals surface area contributed by atoms with Crippen LogP contribution in [0.1, 0.15) is 24.5 Å². The van der Waals surface area contributed by atoms with E-state index in [1.807, 2.05) is 24.3 Å². The zero-order chi connectivity index (χ0) is 12.1. The van der Waals surface area contributed by atoms with Crippen molar-refractivity contribution in [2.75, 3.05) is 0 Å². The van der Waals surface area contributed by atoms with Gasteiger partial charge in [-0.2, -0.15) is 0 Å². The van der Waals surface area contributed by atoms with Crippen molar-refractivity contribution in [3.8, 4) is 5.75 Å². The average molecular weight is 225 g/mol. The quantitative estimate of drug-likeness (QED) is 0.863. The summed E-state index contributed by atoms with van der Waals surface area (Å²) in [6.45, 7) is 2.12. The first-order valence-electron chi connectivity index (χ1n) is 5.69. The van der Waals surface area contributed by atoms with Crippen molar-refractivity contribution in [3.63, 3.8) is 0 Å². The highest BCUT2D eigenvalue weighted by Gasteiger charge is 1.99. The largest absolute Gasteiger partial charge is 0.508 e. The van der Waals surface area contributed by atoms with E-state index < -0.39 is 0 Å². The number of phenolic OH excluding ortho intramolecular Hbond substituents is 1. The number of phenols is 1. The lowest BCUT2D eigenvalue weighted by atomic mass is 10.0. The molecule has 0 bridgehead atoms. The van der Waals surface area contributed by atoms with Crippen LogP contribution in [0.5, 0.6) is 5.75 Å². The van der Waals surface area contributed by atoms with Crippen LogP contribution in [0, 0.1) is 0 Å².